The van der Waals surface area contributed by atoms with Crippen LogP contribution in [0.1, 0.15) is 128 Å². The molecule has 1 aliphatic heterocycles. The third kappa shape index (κ3) is 15.8. The molecule has 0 unspecified atom stereocenters. The lowest BCUT2D eigenvalue weighted by molar-refractivity contribution is 0.0357. The van der Waals surface area contributed by atoms with Gasteiger partial charge in [-0.2, -0.15) is 5.10 Å². The number of fused-ring (bicyclic) bond motifs is 1. The summed E-state index contributed by atoms with van der Waals surface area (Å²) in [6.07, 6.45) is 2.04. The van der Waals surface area contributed by atoms with Crippen molar-refractivity contribution in [2.45, 2.75) is 87.2 Å². The molecule has 17 nitrogen and oxygen atoms in total. The van der Waals surface area contributed by atoms with E-state index in [0.29, 0.717) is 34.0 Å². The Morgan fingerprint density at radius 1 is 0.723 bits per heavy atom. The molecule has 4 aromatic carbocycles. The topological polar surface area (TPSA) is 273 Å². The van der Waals surface area contributed by atoms with Crippen LogP contribution in [0.5, 0.6) is 0 Å². The minimum absolute atomic E-state index is 0. The second kappa shape index (κ2) is 24.7. The van der Waals surface area contributed by atoms with E-state index in [-0.39, 0.29) is 41.2 Å². The van der Waals surface area contributed by atoms with Gasteiger partial charge >= 0.3 is 14.2 Å². The Bertz CT molecular complexity index is 2290. The number of nitrogens with two attached hydrogens (primary N) is 1. The van der Waals surface area contributed by atoms with Crippen LogP contribution >= 0.6 is 0 Å². The van der Waals surface area contributed by atoms with Crippen LogP contribution < -0.4 is 33.7 Å². The van der Waals surface area contributed by atoms with Crippen molar-refractivity contribution >= 4 is 61.2 Å². The largest absolute Gasteiger partial charge is 0.489 e. The molecule has 19 heteroatoms. The Balaban J connectivity index is 0.000000584. The smallest absolute Gasteiger partial charge is 0.428 e. The van der Waals surface area contributed by atoms with Gasteiger partial charge in [-0.15, -0.1) is 0 Å². The van der Waals surface area contributed by atoms with E-state index in [1.54, 1.807) is 71.3 Å². The minimum atomic E-state index is -1.83. The standard InChI is InChI=1S/C22H27BN4O3.C21H25BN2O5.C2H6O.CH5N.H3N/c1-14-9-15(2)11-17(10-14)21(29)27(22(3,4)5)25-20(28)16-7-8-19-18(12-16)13-24-26(6)23(19)30;1-13-8-14(2)10-16(9-13)20(27)24(21(3,4)5)23-19(26)15-6-7-18(22(28)29)17(11-15)12-25;1-2-3;1-2;/h7-13,30H,1-6H3,(H,25,28);6-12,28-29H,1-5H3,(H,23,26);3H,2H2,1H3;2H2,1H3;1H3. The lowest BCUT2D eigenvalue weighted by Crippen LogP contribution is -2.56. The van der Waals surface area contributed by atoms with E-state index < -0.39 is 37.1 Å². The zero-order valence-corrected chi connectivity index (χ0v) is 39.8. The van der Waals surface area contributed by atoms with Gasteiger partial charge in [0.05, 0.1) is 17.3 Å². The van der Waals surface area contributed by atoms with Gasteiger partial charge in [0.15, 0.2) is 0 Å². The normalized spacial score (nSPS) is 11.4. The van der Waals surface area contributed by atoms with Crippen LogP contribution in [-0.4, -0.2) is 117 Å². The molecule has 0 bridgehead atoms. The molecule has 4 aromatic rings. The van der Waals surface area contributed by atoms with Crippen LogP contribution in [0.25, 0.3) is 0 Å². The number of carbonyl (C=O) groups excluding carboxylic acids is 5. The van der Waals surface area contributed by atoms with Gasteiger partial charge in [-0.05, 0) is 148 Å². The molecule has 1 heterocycles. The van der Waals surface area contributed by atoms with Gasteiger partial charge in [-0.1, -0.05) is 46.5 Å². The quantitative estimate of drug-likeness (QED) is 0.0789. The fourth-order valence-corrected chi connectivity index (χ4v) is 6.37. The van der Waals surface area contributed by atoms with Crippen molar-refractivity contribution in [2.24, 2.45) is 10.8 Å². The molecule has 4 amide bonds. The van der Waals surface area contributed by atoms with Crippen LogP contribution in [-0.2, 0) is 0 Å². The summed E-state index contributed by atoms with van der Waals surface area (Å²) in [6, 6.07) is 20.0. The molecule has 0 radical (unpaired) electrons. The molecule has 5 rings (SSSR count). The Morgan fingerprint density at radius 2 is 1.11 bits per heavy atom. The molecule has 0 aliphatic carbocycles. The number of aliphatic hydroxyl groups excluding tert-OH is 1. The molecule has 0 saturated heterocycles. The first-order chi connectivity index (χ1) is 29.8. The first-order valence-electron chi connectivity index (χ1n) is 20.5. The SMILES string of the molecule is CCO.CN.Cc1cc(C)cc(C(=O)N(NC(=O)c2ccc(B(O)O)c(C=O)c2)C(C)(C)C)c1.Cc1cc(C)cc(C(=O)N(NC(=O)c2ccc3c(c2)C=NN(C)B3O)C(C)(C)C)c1.N. The molecule has 65 heavy (non-hydrogen) atoms. The number of benzene rings is 4. The summed E-state index contributed by atoms with van der Waals surface area (Å²) in [5.74, 6) is -1.65. The molecule has 0 fully saturated rings. The molecule has 0 saturated carbocycles. The van der Waals surface area contributed by atoms with E-state index in [9.17, 15) is 39.0 Å². The first kappa shape index (κ1) is 56.8. The number of nitrogens with zero attached hydrogens (tertiary/aromatic N) is 4. The highest BCUT2D eigenvalue weighted by atomic mass is 16.4. The molecular weight excluding hydrogens is 830 g/mol. The van der Waals surface area contributed by atoms with Crippen molar-refractivity contribution in [1.82, 2.24) is 31.9 Å². The van der Waals surface area contributed by atoms with Gasteiger partial charge in [0.1, 0.15) is 6.29 Å². The van der Waals surface area contributed by atoms with E-state index in [2.05, 4.69) is 21.7 Å². The molecule has 0 spiro atoms. The number of nitrogens with one attached hydrogen (secondary N) is 2. The maximum atomic E-state index is 13.2. The second-order valence-corrected chi connectivity index (χ2v) is 16.9. The Kier molecular flexibility index (Phi) is 21.6. The monoisotopic (exact) mass is 897 g/mol. The Hall–Kier alpha value is -6.21. The zero-order chi connectivity index (χ0) is 48.9. The number of amides is 4. The number of hydrogen-bond donors (Lipinski definition) is 8. The van der Waals surface area contributed by atoms with E-state index in [0.717, 1.165) is 22.3 Å². The Morgan fingerprint density at radius 3 is 1.48 bits per heavy atom. The number of carbonyl (C=O) groups is 5. The van der Waals surface area contributed by atoms with Gasteiger partial charge in [0.2, 0.25) is 0 Å². The zero-order valence-electron chi connectivity index (χ0n) is 39.8. The summed E-state index contributed by atoms with van der Waals surface area (Å²) in [5, 5.41) is 43.1. The highest BCUT2D eigenvalue weighted by Gasteiger charge is 2.32. The fraction of sp³-hybridized carbons (Fsp3) is 0.348. The van der Waals surface area contributed by atoms with E-state index >= 15 is 0 Å². The maximum absolute atomic E-state index is 13.2. The van der Waals surface area contributed by atoms with Gasteiger partial charge < -0.3 is 37.0 Å². The van der Waals surface area contributed by atoms with Crippen molar-refractivity contribution in [3.8, 4) is 0 Å². The van der Waals surface area contributed by atoms with E-state index in [1.807, 2.05) is 72.7 Å². The Labute approximate surface area is 383 Å². The lowest BCUT2D eigenvalue weighted by atomic mass is 9.70. The molecule has 0 atom stereocenters. The average Bonchev–Trinajstić information content (AvgIpc) is 3.21. The molecule has 350 valence electrons. The van der Waals surface area contributed by atoms with Crippen LogP contribution in [0.15, 0.2) is 77.9 Å². The number of hydrogen-bond acceptors (Lipinski definition) is 13. The third-order valence-corrected chi connectivity index (χ3v) is 9.23. The summed E-state index contributed by atoms with van der Waals surface area (Å²) in [5.41, 5.74) is 15.1. The van der Waals surface area contributed by atoms with Crippen molar-refractivity contribution < 1.29 is 44.2 Å². The number of hydrazone groups is 1. The summed E-state index contributed by atoms with van der Waals surface area (Å²) in [7, 11) is 0.480. The van der Waals surface area contributed by atoms with E-state index in [1.165, 1.54) is 40.2 Å². The number of aliphatic hydroxyl groups is 1. The highest BCUT2D eigenvalue weighted by Crippen LogP contribution is 2.20. The number of rotatable bonds is 6. The van der Waals surface area contributed by atoms with Gasteiger partial charge in [0, 0.05) is 41.5 Å². The van der Waals surface area contributed by atoms with Crippen molar-refractivity contribution in [2.75, 3.05) is 20.7 Å². The van der Waals surface area contributed by atoms with Crippen LogP contribution in [0.2, 0.25) is 0 Å². The highest BCUT2D eigenvalue weighted by molar-refractivity contribution is 6.65. The average molecular weight is 897 g/mol. The van der Waals surface area contributed by atoms with Gasteiger partial charge in [-0.25, -0.2) is 10.0 Å². The number of hydrazine groups is 2. The number of aryl methyl sites for hydroxylation is 4. The number of aldehydes is 1. The van der Waals surface area contributed by atoms with E-state index in [4.69, 9.17) is 5.11 Å². The predicted molar refractivity (Wildman–Crippen MR) is 258 cm³/mol. The molecular formula is C46H66B2N8O9. The van der Waals surface area contributed by atoms with Gasteiger partial charge in [0.25, 0.3) is 23.6 Å². The molecule has 11 N–H and O–H groups in total. The van der Waals surface area contributed by atoms with Crippen molar-refractivity contribution in [3.05, 3.63) is 128 Å². The van der Waals surface area contributed by atoms with Gasteiger partial charge in [-0.3, -0.25) is 34.8 Å². The summed E-state index contributed by atoms with van der Waals surface area (Å²) in [6.45, 7) is 20.5. The van der Waals surface area contributed by atoms with Crippen molar-refractivity contribution in [3.63, 3.8) is 0 Å². The van der Waals surface area contributed by atoms with Crippen LogP contribution in [0.3, 0.4) is 0 Å². The first-order valence-corrected chi connectivity index (χ1v) is 20.5. The summed E-state index contributed by atoms with van der Waals surface area (Å²) < 4.78 is 0. The van der Waals surface area contributed by atoms with Crippen LogP contribution in [0, 0.1) is 27.7 Å². The fourth-order valence-electron chi connectivity index (χ4n) is 6.37. The van der Waals surface area contributed by atoms with Crippen LogP contribution in [0.4, 0.5) is 0 Å². The summed E-state index contributed by atoms with van der Waals surface area (Å²) >= 11 is 0. The maximum Gasteiger partial charge on any atom is 0.489 e. The lowest BCUT2D eigenvalue weighted by Gasteiger charge is -2.35. The predicted octanol–water partition coefficient (Wildman–Crippen LogP) is 2.97. The minimum Gasteiger partial charge on any atom is -0.428 e. The summed E-state index contributed by atoms with van der Waals surface area (Å²) in [4.78, 5) is 64.8. The third-order valence-electron chi connectivity index (χ3n) is 9.23. The molecule has 1 aliphatic rings. The second-order valence-electron chi connectivity index (χ2n) is 16.9. The molecule has 0 aromatic heterocycles. The van der Waals surface area contributed by atoms with Crippen molar-refractivity contribution in [1.29, 1.82) is 0 Å².